The summed E-state index contributed by atoms with van der Waals surface area (Å²) in [4.78, 5) is 61.6. The Morgan fingerprint density at radius 2 is 0.354 bits per heavy atom. The summed E-state index contributed by atoms with van der Waals surface area (Å²) in [6.45, 7) is 10.2. The van der Waals surface area contributed by atoms with Gasteiger partial charge < -0.3 is 101 Å². The normalized spacial score (nSPS) is 13.2. The molecule has 25 heteroatoms. The molecular weight excluding hydrogens is 1650 g/mol. The summed E-state index contributed by atoms with van der Waals surface area (Å²) in [5.41, 5.74) is 10.6. The lowest BCUT2D eigenvalue weighted by molar-refractivity contribution is -0.123. The number of rotatable bonds is 50. The molecule has 0 saturated carbocycles. The highest BCUT2D eigenvalue weighted by molar-refractivity contribution is 5.78. The molecule has 10 atom stereocenters. The van der Waals surface area contributed by atoms with E-state index in [1.807, 2.05) is 212 Å². The van der Waals surface area contributed by atoms with Gasteiger partial charge in [0.2, 0.25) is 29.5 Å². The molecule has 0 aliphatic rings. The van der Waals surface area contributed by atoms with Gasteiger partial charge in [-0.2, -0.15) is 0 Å². The van der Waals surface area contributed by atoms with Crippen LogP contribution in [0.5, 0.6) is 28.7 Å². The Balaban J connectivity index is 0.000000250. The molecule has 0 aliphatic heterocycles. The van der Waals surface area contributed by atoms with Crippen LogP contribution in [-0.2, 0) is 112 Å². The number of aryl methyl sites for hydroxylation is 5. The third-order valence-corrected chi connectivity index (χ3v) is 20.5. The molecule has 700 valence electrons. The van der Waals surface area contributed by atoms with Crippen LogP contribution in [0.2, 0.25) is 0 Å². The number of ether oxygens (including phenoxy) is 5. The second kappa shape index (κ2) is 63.2. The van der Waals surface area contributed by atoms with Crippen LogP contribution in [0.15, 0.2) is 273 Å². The summed E-state index contributed by atoms with van der Waals surface area (Å²) in [7, 11) is 0. The molecule has 0 spiro atoms. The highest BCUT2D eigenvalue weighted by Crippen LogP contribution is 2.20. The first-order valence-electron chi connectivity index (χ1n) is 44.5. The molecule has 0 aliphatic carbocycles. The molecule has 0 bridgehead atoms. The molecular formula is C105H135N5O20. The first-order chi connectivity index (χ1) is 62.8. The number of hydrogen-bond acceptors (Lipinski definition) is 20. The van der Waals surface area contributed by atoms with Crippen LogP contribution >= 0.6 is 0 Å². The van der Waals surface area contributed by atoms with Crippen LogP contribution in [-0.4, -0.2) is 207 Å². The molecule has 0 aromatic heterocycles. The molecule has 0 fully saturated rings. The Morgan fingerprint density at radius 3 is 0.485 bits per heavy atom. The lowest BCUT2D eigenvalue weighted by Crippen LogP contribution is -2.41. The average Bonchev–Trinajstić information content (AvgIpc) is 0.905. The number of carbonyl (C=O) groups excluding carboxylic acids is 5. The molecule has 130 heavy (non-hydrogen) atoms. The van der Waals surface area contributed by atoms with Crippen molar-refractivity contribution in [3.05, 3.63) is 329 Å². The van der Waals surface area contributed by atoms with Crippen LogP contribution in [0.1, 0.15) is 122 Å². The van der Waals surface area contributed by atoms with E-state index in [4.69, 9.17) is 49.2 Å². The fraction of sp³-hybridized carbons (Fsp3) is 0.381. The van der Waals surface area contributed by atoms with Crippen molar-refractivity contribution >= 4 is 29.5 Å². The second-order valence-electron chi connectivity index (χ2n) is 32.2. The quantitative estimate of drug-likeness (QED) is 0.0168. The van der Waals surface area contributed by atoms with Crippen LogP contribution in [0, 0.1) is 0 Å². The van der Waals surface area contributed by atoms with Crippen molar-refractivity contribution in [3.63, 3.8) is 0 Å². The maximum Gasteiger partial charge on any atom is 0.220 e. The van der Waals surface area contributed by atoms with E-state index in [0.717, 1.165) is 55.6 Å². The number of amides is 5. The summed E-state index contributed by atoms with van der Waals surface area (Å²) in [5, 5.41) is 108. The van der Waals surface area contributed by atoms with E-state index in [-0.39, 0.29) is 152 Å². The van der Waals surface area contributed by atoms with Gasteiger partial charge in [0.15, 0.2) is 0 Å². The minimum absolute atomic E-state index is 0.0297. The number of carbonyl (C=O) groups is 5. The van der Waals surface area contributed by atoms with Crippen molar-refractivity contribution in [1.82, 2.24) is 26.6 Å². The zero-order valence-corrected chi connectivity index (χ0v) is 75.5. The number of aromatic hydroxyl groups is 5. The minimum Gasteiger partial charge on any atom is -0.508 e. The van der Waals surface area contributed by atoms with Crippen molar-refractivity contribution in [2.45, 2.75) is 192 Å². The number of phenols is 5. The standard InChI is InChI=1S/5C21H27NO4/c5*1-16(14-23)26-15-19(13-18-7-10-20(24)11-8-18)22-21(25)12-9-17-5-3-2-4-6-17/h5*2-8,10-11,16,19,23-24H,9,12-15H2,1H3,(H,22,25)/t2*16-,19?;16-,19+;2*16-,19-/m10110/s1. The summed E-state index contributed by atoms with van der Waals surface area (Å²) < 4.78 is 28.0. The Labute approximate surface area is 765 Å². The zero-order valence-electron chi connectivity index (χ0n) is 75.5. The van der Waals surface area contributed by atoms with Gasteiger partial charge in [-0.1, -0.05) is 212 Å². The van der Waals surface area contributed by atoms with Gasteiger partial charge >= 0.3 is 0 Å². The maximum absolute atomic E-state index is 12.3. The molecule has 10 aromatic rings. The lowest BCUT2D eigenvalue weighted by atomic mass is 10.1. The lowest BCUT2D eigenvalue weighted by Gasteiger charge is -2.21. The first-order valence-corrected chi connectivity index (χ1v) is 44.5. The number of aliphatic hydroxyl groups excluding tert-OH is 5. The summed E-state index contributed by atoms with van der Waals surface area (Å²) in [6, 6.07) is 83.0. The second-order valence-corrected chi connectivity index (χ2v) is 32.2. The van der Waals surface area contributed by atoms with Crippen LogP contribution in [0.3, 0.4) is 0 Å². The van der Waals surface area contributed by atoms with Gasteiger partial charge in [-0.05, 0) is 215 Å². The number of hydrogen-bond donors (Lipinski definition) is 15. The van der Waals surface area contributed by atoms with Gasteiger partial charge in [-0.15, -0.1) is 0 Å². The van der Waals surface area contributed by atoms with Gasteiger partial charge in [-0.3, -0.25) is 24.0 Å². The van der Waals surface area contributed by atoms with Gasteiger partial charge in [0, 0.05) is 32.1 Å². The summed E-state index contributed by atoms with van der Waals surface area (Å²) in [6.07, 6.45) is 7.05. The van der Waals surface area contributed by atoms with Crippen molar-refractivity contribution in [3.8, 4) is 28.7 Å². The van der Waals surface area contributed by atoms with E-state index in [0.29, 0.717) is 129 Å². The molecule has 10 rings (SSSR count). The highest BCUT2D eigenvalue weighted by Gasteiger charge is 2.22. The minimum atomic E-state index is -0.279. The van der Waals surface area contributed by atoms with Gasteiger partial charge in [-0.25, -0.2) is 0 Å². The van der Waals surface area contributed by atoms with E-state index < -0.39 is 0 Å². The number of benzene rings is 10. The predicted octanol–water partition coefficient (Wildman–Crippen LogP) is 12.2. The molecule has 10 aromatic carbocycles. The van der Waals surface area contributed by atoms with Gasteiger partial charge in [0.1, 0.15) is 28.7 Å². The first kappa shape index (κ1) is 107. The molecule has 0 radical (unpaired) electrons. The van der Waals surface area contributed by atoms with E-state index in [1.165, 1.54) is 0 Å². The monoisotopic (exact) mass is 1790 g/mol. The smallest absolute Gasteiger partial charge is 0.220 e. The average molecular weight is 1790 g/mol. The number of phenolic OH excluding ortho intramolecular Hbond substituents is 5. The largest absolute Gasteiger partial charge is 0.508 e. The molecule has 5 amide bonds. The molecule has 15 N–H and O–H groups in total. The van der Waals surface area contributed by atoms with Crippen LogP contribution < -0.4 is 26.6 Å². The predicted molar refractivity (Wildman–Crippen MR) is 505 cm³/mol. The summed E-state index contributed by atoms with van der Waals surface area (Å²) >= 11 is 0. The number of nitrogens with one attached hydrogen (secondary N) is 5. The Bertz CT molecular complexity index is 3980. The maximum atomic E-state index is 12.3. The van der Waals surface area contributed by atoms with Gasteiger partial charge in [0.05, 0.1) is 127 Å². The molecule has 0 saturated heterocycles. The van der Waals surface area contributed by atoms with Crippen molar-refractivity contribution < 1.29 is 98.7 Å². The molecule has 2 unspecified atom stereocenters. The van der Waals surface area contributed by atoms with Gasteiger partial charge in [0.25, 0.3) is 0 Å². The Kier molecular flexibility index (Phi) is 52.0. The molecule has 25 nitrogen and oxygen atoms in total. The van der Waals surface area contributed by atoms with Crippen molar-refractivity contribution in [1.29, 1.82) is 0 Å². The molecule has 0 heterocycles. The Hall–Kier alpha value is -11.9. The Morgan fingerprint density at radius 1 is 0.215 bits per heavy atom. The van der Waals surface area contributed by atoms with E-state index in [2.05, 4.69) is 26.6 Å². The van der Waals surface area contributed by atoms with Crippen LogP contribution in [0.25, 0.3) is 0 Å². The fourth-order valence-corrected chi connectivity index (χ4v) is 13.0. The third kappa shape index (κ3) is 48.5. The van der Waals surface area contributed by atoms with Crippen molar-refractivity contribution in [2.24, 2.45) is 0 Å². The van der Waals surface area contributed by atoms with E-state index in [9.17, 15) is 49.5 Å². The third-order valence-electron chi connectivity index (χ3n) is 20.5. The van der Waals surface area contributed by atoms with Crippen LogP contribution in [0.4, 0.5) is 0 Å². The van der Waals surface area contributed by atoms with E-state index >= 15 is 0 Å². The van der Waals surface area contributed by atoms with E-state index in [1.54, 1.807) is 95.3 Å². The highest BCUT2D eigenvalue weighted by atomic mass is 16.5. The van der Waals surface area contributed by atoms with Crippen molar-refractivity contribution in [2.75, 3.05) is 66.1 Å². The number of aliphatic hydroxyl groups is 5. The zero-order chi connectivity index (χ0) is 93.9. The summed E-state index contributed by atoms with van der Waals surface area (Å²) in [5.74, 6) is 0.904. The topological polar surface area (TPSA) is 394 Å². The fourth-order valence-electron chi connectivity index (χ4n) is 13.0. The SMILES string of the molecule is C[C@@H](CO)OCC(Cc1ccc(O)cc1)NC(=O)CCc1ccccc1.C[C@@H](CO)OC[C@H](Cc1ccc(O)cc1)NC(=O)CCc1ccccc1.C[C@H](CO)OCC(Cc1ccc(O)cc1)NC(=O)CCc1ccccc1.C[C@H](CO)OC[C@@H](Cc1ccc(O)cc1)NC(=O)CCc1ccccc1.C[C@H](CO)OC[C@H](Cc1ccc(O)cc1)NC(=O)CCc1ccccc1.